The highest BCUT2D eigenvalue weighted by Gasteiger charge is 2.09. The number of rotatable bonds is 5. The predicted octanol–water partition coefficient (Wildman–Crippen LogP) is 2.85. The fraction of sp³-hybridized carbons (Fsp3) is 1.00. The van der Waals surface area contributed by atoms with E-state index in [0.29, 0.717) is 12.0 Å². The Morgan fingerprint density at radius 1 is 1.20 bits per heavy atom. The summed E-state index contributed by atoms with van der Waals surface area (Å²) < 4.78 is 5.60. The maximum atomic E-state index is 5.60. The molecule has 0 aromatic rings. The van der Waals surface area contributed by atoms with Crippen molar-refractivity contribution in [3.8, 4) is 0 Å². The van der Waals surface area contributed by atoms with E-state index >= 15 is 0 Å². The van der Waals surface area contributed by atoms with Crippen LogP contribution < -0.4 is 0 Å². The summed E-state index contributed by atoms with van der Waals surface area (Å²) >= 11 is 0. The van der Waals surface area contributed by atoms with Crippen molar-refractivity contribution in [1.82, 2.24) is 0 Å². The zero-order valence-corrected chi connectivity index (χ0v) is 7.68. The Labute approximate surface area is 64.8 Å². The molecule has 0 heterocycles. The Hall–Kier alpha value is -0.0400. The molecule has 1 atom stereocenters. The first-order valence-corrected chi connectivity index (χ1v) is 4.33. The summed E-state index contributed by atoms with van der Waals surface area (Å²) in [5.74, 6) is 0.663. The minimum absolute atomic E-state index is 0.472. The molecule has 0 amide bonds. The molecule has 0 fully saturated rings. The second kappa shape index (κ2) is 5.72. The molecule has 1 heteroatoms. The highest BCUT2D eigenvalue weighted by atomic mass is 16.5. The lowest BCUT2D eigenvalue weighted by atomic mass is 10.1. The van der Waals surface area contributed by atoms with Gasteiger partial charge in [0.15, 0.2) is 0 Å². The van der Waals surface area contributed by atoms with Gasteiger partial charge in [0, 0.05) is 6.61 Å². The number of hydrogen-bond donors (Lipinski definition) is 0. The highest BCUT2D eigenvalue weighted by molar-refractivity contribution is 4.58. The predicted molar refractivity (Wildman–Crippen MR) is 45.2 cm³/mol. The van der Waals surface area contributed by atoms with Gasteiger partial charge >= 0.3 is 0 Å². The van der Waals surface area contributed by atoms with Gasteiger partial charge in [-0.15, -0.1) is 0 Å². The lowest BCUT2D eigenvalue weighted by Crippen LogP contribution is -2.18. The van der Waals surface area contributed by atoms with E-state index in [0.717, 1.165) is 19.4 Å². The van der Waals surface area contributed by atoms with Crippen molar-refractivity contribution >= 4 is 0 Å². The van der Waals surface area contributed by atoms with E-state index in [4.69, 9.17) is 4.74 Å². The second-order valence-corrected chi connectivity index (χ2v) is 3.06. The molecule has 0 aliphatic carbocycles. The first kappa shape index (κ1) is 9.96. The fourth-order valence-corrected chi connectivity index (χ4v) is 1.05. The molecular formula is C9H20O. The molecule has 0 aliphatic heterocycles. The minimum Gasteiger partial charge on any atom is -0.378 e. The maximum absolute atomic E-state index is 5.60. The summed E-state index contributed by atoms with van der Waals surface area (Å²) in [6.45, 7) is 9.66. The average molecular weight is 144 g/mol. The topological polar surface area (TPSA) is 9.23 Å². The zero-order valence-electron chi connectivity index (χ0n) is 7.68. The minimum atomic E-state index is 0.472. The molecular weight excluding hydrogens is 124 g/mol. The van der Waals surface area contributed by atoms with Crippen LogP contribution in [0.3, 0.4) is 0 Å². The molecule has 0 spiro atoms. The van der Waals surface area contributed by atoms with Crippen molar-refractivity contribution in [2.45, 2.75) is 46.6 Å². The van der Waals surface area contributed by atoms with Crippen LogP contribution in [0.2, 0.25) is 0 Å². The van der Waals surface area contributed by atoms with Gasteiger partial charge in [-0.1, -0.05) is 27.7 Å². The normalized spacial score (nSPS) is 14.1. The summed E-state index contributed by atoms with van der Waals surface area (Å²) in [5, 5.41) is 0. The van der Waals surface area contributed by atoms with Crippen molar-refractivity contribution in [2.24, 2.45) is 5.92 Å². The van der Waals surface area contributed by atoms with E-state index < -0.39 is 0 Å². The summed E-state index contributed by atoms with van der Waals surface area (Å²) in [4.78, 5) is 0. The van der Waals surface area contributed by atoms with Crippen LogP contribution in [-0.4, -0.2) is 12.7 Å². The lowest BCUT2D eigenvalue weighted by molar-refractivity contribution is 0.0205. The van der Waals surface area contributed by atoms with E-state index in [1.165, 1.54) is 0 Å². The van der Waals surface area contributed by atoms with E-state index in [9.17, 15) is 0 Å². The summed E-state index contributed by atoms with van der Waals surface area (Å²) in [6, 6.07) is 0. The third-order valence-electron chi connectivity index (χ3n) is 1.68. The first-order chi connectivity index (χ1) is 4.72. The Bertz CT molecular complexity index is 69.1. The maximum Gasteiger partial charge on any atom is 0.0595 e. The van der Waals surface area contributed by atoms with Gasteiger partial charge in [-0.3, -0.25) is 0 Å². The zero-order chi connectivity index (χ0) is 7.98. The largest absolute Gasteiger partial charge is 0.378 e. The Balaban J connectivity index is 3.40. The molecule has 1 nitrogen and oxygen atoms in total. The molecule has 1 unspecified atom stereocenters. The molecule has 0 radical (unpaired) electrons. The van der Waals surface area contributed by atoms with E-state index in [1.807, 2.05) is 0 Å². The monoisotopic (exact) mass is 144 g/mol. The van der Waals surface area contributed by atoms with Gasteiger partial charge in [-0.05, 0) is 18.8 Å². The molecule has 0 saturated carbocycles. The number of ether oxygens (including phenoxy) is 1. The average Bonchev–Trinajstić information content (AvgIpc) is 1.89. The Morgan fingerprint density at radius 2 is 1.80 bits per heavy atom. The first-order valence-electron chi connectivity index (χ1n) is 4.33. The summed E-state index contributed by atoms with van der Waals surface area (Å²) in [6.07, 6.45) is 2.74. The summed E-state index contributed by atoms with van der Waals surface area (Å²) in [5.41, 5.74) is 0. The molecule has 0 aliphatic rings. The van der Waals surface area contributed by atoms with Gasteiger partial charge in [0.1, 0.15) is 0 Å². The van der Waals surface area contributed by atoms with Crippen molar-refractivity contribution in [2.75, 3.05) is 6.61 Å². The Morgan fingerprint density at radius 3 is 2.10 bits per heavy atom. The van der Waals surface area contributed by atoms with Crippen LogP contribution in [0.25, 0.3) is 0 Å². The highest BCUT2D eigenvalue weighted by Crippen LogP contribution is 2.09. The summed E-state index contributed by atoms with van der Waals surface area (Å²) in [7, 11) is 0. The quantitative estimate of drug-likeness (QED) is 0.576. The fourth-order valence-electron chi connectivity index (χ4n) is 1.05. The van der Waals surface area contributed by atoms with Crippen LogP contribution in [0.1, 0.15) is 40.5 Å². The smallest absolute Gasteiger partial charge is 0.0595 e. The number of hydrogen-bond acceptors (Lipinski definition) is 1. The molecule has 0 aromatic carbocycles. The third-order valence-corrected chi connectivity index (χ3v) is 1.68. The van der Waals surface area contributed by atoms with Crippen LogP contribution in [0, 0.1) is 5.92 Å². The molecule has 0 N–H and O–H groups in total. The molecule has 0 aromatic heterocycles. The van der Waals surface area contributed by atoms with Crippen LogP contribution in [0.15, 0.2) is 0 Å². The molecule has 0 saturated heterocycles. The Kier molecular flexibility index (Phi) is 5.70. The van der Waals surface area contributed by atoms with E-state index in [1.54, 1.807) is 0 Å². The van der Waals surface area contributed by atoms with Crippen molar-refractivity contribution < 1.29 is 4.74 Å². The molecule has 10 heavy (non-hydrogen) atoms. The third kappa shape index (κ3) is 3.89. The van der Waals surface area contributed by atoms with Crippen molar-refractivity contribution in [3.05, 3.63) is 0 Å². The lowest BCUT2D eigenvalue weighted by Gasteiger charge is -2.18. The van der Waals surface area contributed by atoms with Crippen molar-refractivity contribution in [1.29, 1.82) is 0 Å². The molecule has 62 valence electrons. The molecule has 0 bridgehead atoms. The standard InChI is InChI=1S/C9H20O/c1-5-7-10-9(6-2)8(3)4/h8-9H,5-7H2,1-4H3. The van der Waals surface area contributed by atoms with Gasteiger partial charge in [0.25, 0.3) is 0 Å². The van der Waals surface area contributed by atoms with E-state index in [-0.39, 0.29) is 0 Å². The van der Waals surface area contributed by atoms with Gasteiger partial charge in [0.05, 0.1) is 6.10 Å². The van der Waals surface area contributed by atoms with Gasteiger partial charge < -0.3 is 4.74 Å². The van der Waals surface area contributed by atoms with Crippen LogP contribution >= 0.6 is 0 Å². The van der Waals surface area contributed by atoms with Gasteiger partial charge in [-0.25, -0.2) is 0 Å². The SMILES string of the molecule is CCCOC(CC)C(C)C. The van der Waals surface area contributed by atoms with Gasteiger partial charge in [-0.2, -0.15) is 0 Å². The van der Waals surface area contributed by atoms with E-state index in [2.05, 4.69) is 27.7 Å². The molecule has 0 rings (SSSR count). The van der Waals surface area contributed by atoms with Crippen LogP contribution in [-0.2, 0) is 4.74 Å². The van der Waals surface area contributed by atoms with Crippen LogP contribution in [0.4, 0.5) is 0 Å². The van der Waals surface area contributed by atoms with Gasteiger partial charge in [0.2, 0.25) is 0 Å². The van der Waals surface area contributed by atoms with Crippen LogP contribution in [0.5, 0.6) is 0 Å². The second-order valence-electron chi connectivity index (χ2n) is 3.06. The van der Waals surface area contributed by atoms with Crippen molar-refractivity contribution in [3.63, 3.8) is 0 Å².